The van der Waals surface area contributed by atoms with E-state index in [-0.39, 0.29) is 23.7 Å². The molecule has 5 rings (SSSR count). The topological polar surface area (TPSA) is 113 Å². The first-order valence-corrected chi connectivity index (χ1v) is 13.5. The standard InChI is InChI=1S/C30H40O7/c1-16-7-9-22(36-26(16)33)18(3)30(35)12-11-28(6)20(17(30)2)15-29(34)14-19-8-10-24(32)37-27(4,5)25(19)21(31)13-23(28)29/h7-8,10,14,18,20-23,25,31,34-35H,2,9,11-13,15H2,1,3-6H3/t18-,20-,21+,22+,23-,25-,28+,29+,30-/m0/s1. The first-order chi connectivity index (χ1) is 17.1. The molecule has 5 aliphatic rings. The van der Waals surface area contributed by atoms with Gasteiger partial charge in [-0.15, -0.1) is 0 Å². The van der Waals surface area contributed by atoms with Gasteiger partial charge in [0.1, 0.15) is 11.7 Å². The number of esters is 2. The van der Waals surface area contributed by atoms with Crippen LogP contribution < -0.4 is 0 Å². The van der Waals surface area contributed by atoms with Crippen LogP contribution >= 0.6 is 0 Å². The summed E-state index contributed by atoms with van der Waals surface area (Å²) >= 11 is 0. The zero-order chi connectivity index (χ0) is 27.1. The third-order valence-electron chi connectivity index (χ3n) is 10.5. The smallest absolute Gasteiger partial charge is 0.333 e. The van der Waals surface area contributed by atoms with Gasteiger partial charge < -0.3 is 24.8 Å². The van der Waals surface area contributed by atoms with Gasteiger partial charge in [0, 0.05) is 29.9 Å². The zero-order valence-corrected chi connectivity index (χ0v) is 22.5. The van der Waals surface area contributed by atoms with Gasteiger partial charge in [-0.3, -0.25) is 0 Å². The summed E-state index contributed by atoms with van der Waals surface area (Å²) in [5, 5.41) is 35.6. The van der Waals surface area contributed by atoms with Crippen LogP contribution in [0.2, 0.25) is 0 Å². The summed E-state index contributed by atoms with van der Waals surface area (Å²) in [6.45, 7) is 13.8. The summed E-state index contributed by atoms with van der Waals surface area (Å²) < 4.78 is 11.3. The van der Waals surface area contributed by atoms with E-state index >= 15 is 0 Å². The molecule has 3 aliphatic carbocycles. The molecule has 7 heteroatoms. The third-order valence-corrected chi connectivity index (χ3v) is 10.5. The van der Waals surface area contributed by atoms with E-state index in [9.17, 15) is 24.9 Å². The number of ether oxygens (including phenoxy) is 2. The molecule has 0 aromatic rings. The Kier molecular flexibility index (Phi) is 5.98. The Labute approximate surface area is 218 Å². The average Bonchev–Trinajstić information content (AvgIpc) is 2.89. The molecular weight excluding hydrogens is 472 g/mol. The van der Waals surface area contributed by atoms with Gasteiger partial charge >= 0.3 is 11.9 Å². The van der Waals surface area contributed by atoms with Crippen molar-refractivity contribution in [2.24, 2.45) is 29.1 Å². The fourth-order valence-corrected chi connectivity index (χ4v) is 8.25. The Bertz CT molecular complexity index is 1130. The number of carbonyl (C=O) groups is 2. The van der Waals surface area contributed by atoms with Crippen molar-refractivity contribution in [3.05, 3.63) is 47.6 Å². The SMILES string of the molecule is C=C1[C@@H]2C[C@]3(O)C=C4C=CC(=O)OC(C)(C)[C@@H]4[C@H](O)C[C@H]3[C@]2(C)CC[C@@]1(O)[C@@H](C)[C@H]1CC=C(C)C(=O)O1. The minimum absolute atomic E-state index is 0.193. The summed E-state index contributed by atoms with van der Waals surface area (Å²) in [6.07, 6.45) is 7.75. The van der Waals surface area contributed by atoms with Gasteiger partial charge in [-0.1, -0.05) is 32.6 Å². The van der Waals surface area contributed by atoms with E-state index in [0.29, 0.717) is 48.8 Å². The number of aliphatic hydroxyl groups excluding tert-OH is 1. The zero-order valence-electron chi connectivity index (χ0n) is 22.5. The minimum Gasteiger partial charge on any atom is -0.458 e. The summed E-state index contributed by atoms with van der Waals surface area (Å²) in [4.78, 5) is 24.4. The van der Waals surface area contributed by atoms with Crippen LogP contribution in [0.1, 0.15) is 66.7 Å². The monoisotopic (exact) mass is 512 g/mol. The minimum atomic E-state index is -1.24. The number of hydrogen-bond donors (Lipinski definition) is 3. The van der Waals surface area contributed by atoms with E-state index in [1.165, 1.54) is 6.08 Å². The Morgan fingerprint density at radius 2 is 1.84 bits per heavy atom. The Balaban J connectivity index is 1.49. The van der Waals surface area contributed by atoms with E-state index < -0.39 is 46.3 Å². The lowest BCUT2D eigenvalue weighted by Gasteiger charge is -2.52. The molecule has 202 valence electrons. The molecule has 9 atom stereocenters. The first kappa shape index (κ1) is 26.4. The molecule has 3 N–H and O–H groups in total. The highest BCUT2D eigenvalue weighted by atomic mass is 16.6. The van der Waals surface area contributed by atoms with Gasteiger partial charge in [0.15, 0.2) is 0 Å². The summed E-state index contributed by atoms with van der Waals surface area (Å²) in [5.41, 5.74) is -1.88. The Morgan fingerprint density at radius 3 is 2.51 bits per heavy atom. The number of fused-ring (bicyclic) bond motifs is 4. The molecule has 2 saturated carbocycles. The van der Waals surface area contributed by atoms with Crippen LogP contribution in [0.3, 0.4) is 0 Å². The Hall–Kier alpha value is -2.22. The second kappa shape index (κ2) is 8.39. The quantitative estimate of drug-likeness (QED) is 0.383. The molecule has 2 fully saturated rings. The molecular formula is C30H40O7. The molecule has 0 amide bonds. The number of cyclic esters (lactones) is 2. The van der Waals surface area contributed by atoms with Crippen molar-refractivity contribution in [2.75, 3.05) is 0 Å². The van der Waals surface area contributed by atoms with Crippen molar-refractivity contribution in [3.63, 3.8) is 0 Å². The molecule has 7 nitrogen and oxygen atoms in total. The summed E-state index contributed by atoms with van der Waals surface area (Å²) in [6, 6.07) is 0. The molecule has 0 spiro atoms. The third kappa shape index (κ3) is 3.88. The van der Waals surface area contributed by atoms with Gasteiger partial charge in [0.05, 0.1) is 17.3 Å². The van der Waals surface area contributed by atoms with Crippen LogP contribution in [0, 0.1) is 29.1 Å². The van der Waals surface area contributed by atoms with Crippen LogP contribution in [0.25, 0.3) is 0 Å². The Morgan fingerprint density at radius 1 is 1.14 bits per heavy atom. The highest BCUT2D eigenvalue weighted by Crippen LogP contribution is 2.66. The fraction of sp³-hybridized carbons (Fsp3) is 0.667. The predicted molar refractivity (Wildman–Crippen MR) is 137 cm³/mol. The number of rotatable bonds is 2. The summed E-state index contributed by atoms with van der Waals surface area (Å²) in [5.74, 6) is -2.11. The van der Waals surface area contributed by atoms with Crippen molar-refractivity contribution in [1.29, 1.82) is 0 Å². The molecule has 0 unspecified atom stereocenters. The van der Waals surface area contributed by atoms with Gasteiger partial charge in [-0.05, 0) is 80.9 Å². The molecule has 0 aromatic heterocycles. The average molecular weight is 513 g/mol. The van der Waals surface area contributed by atoms with Gasteiger partial charge in [-0.25, -0.2) is 9.59 Å². The van der Waals surface area contributed by atoms with Crippen molar-refractivity contribution in [2.45, 2.75) is 95.7 Å². The van der Waals surface area contributed by atoms with Crippen LogP contribution in [0.4, 0.5) is 0 Å². The van der Waals surface area contributed by atoms with E-state index in [0.717, 1.165) is 0 Å². The predicted octanol–water partition coefficient (Wildman–Crippen LogP) is 3.54. The fourth-order valence-electron chi connectivity index (χ4n) is 8.25. The number of aliphatic hydroxyl groups is 3. The molecule has 0 radical (unpaired) electrons. The molecule has 0 saturated heterocycles. The first-order valence-electron chi connectivity index (χ1n) is 13.5. The molecule has 2 aliphatic heterocycles. The van der Waals surface area contributed by atoms with Crippen molar-refractivity contribution in [1.82, 2.24) is 0 Å². The molecule has 0 bridgehead atoms. The maximum Gasteiger partial charge on any atom is 0.333 e. The number of carbonyl (C=O) groups excluding carboxylic acids is 2. The summed E-state index contributed by atoms with van der Waals surface area (Å²) in [7, 11) is 0. The maximum atomic E-state index is 12.2. The lowest BCUT2D eigenvalue weighted by atomic mass is 9.55. The van der Waals surface area contributed by atoms with Crippen LogP contribution in [0.5, 0.6) is 0 Å². The second-order valence-electron chi connectivity index (χ2n) is 12.9. The highest BCUT2D eigenvalue weighted by molar-refractivity contribution is 5.88. The lowest BCUT2D eigenvalue weighted by Crippen LogP contribution is -2.53. The van der Waals surface area contributed by atoms with Crippen molar-refractivity contribution < 1.29 is 34.4 Å². The van der Waals surface area contributed by atoms with E-state index in [1.54, 1.807) is 26.8 Å². The van der Waals surface area contributed by atoms with Crippen LogP contribution in [-0.4, -0.2) is 56.3 Å². The van der Waals surface area contributed by atoms with Crippen molar-refractivity contribution >= 4 is 11.9 Å². The van der Waals surface area contributed by atoms with Gasteiger partial charge in [-0.2, -0.15) is 0 Å². The van der Waals surface area contributed by atoms with Crippen molar-refractivity contribution in [3.8, 4) is 0 Å². The molecule has 0 aromatic carbocycles. The van der Waals surface area contributed by atoms with Crippen LogP contribution in [-0.2, 0) is 19.1 Å². The van der Waals surface area contributed by atoms with E-state index in [4.69, 9.17) is 9.47 Å². The van der Waals surface area contributed by atoms with E-state index in [1.807, 2.05) is 19.1 Å². The maximum absolute atomic E-state index is 12.2. The lowest BCUT2D eigenvalue weighted by molar-refractivity contribution is -0.157. The van der Waals surface area contributed by atoms with E-state index in [2.05, 4.69) is 13.5 Å². The normalized spacial score (nSPS) is 45.7. The largest absolute Gasteiger partial charge is 0.458 e. The second-order valence-corrected chi connectivity index (χ2v) is 12.9. The van der Waals surface area contributed by atoms with Gasteiger partial charge in [0.2, 0.25) is 0 Å². The molecule has 2 heterocycles. The number of hydrogen-bond acceptors (Lipinski definition) is 7. The highest BCUT2D eigenvalue weighted by Gasteiger charge is 2.66. The van der Waals surface area contributed by atoms with Crippen LogP contribution in [0.15, 0.2) is 47.6 Å². The molecule has 37 heavy (non-hydrogen) atoms. The number of allylic oxidation sites excluding steroid dienone is 1. The van der Waals surface area contributed by atoms with Gasteiger partial charge in [0.25, 0.3) is 0 Å².